The Balaban J connectivity index is 1.88. The number of rotatable bonds is 4. The third kappa shape index (κ3) is 3.84. The zero-order valence-electron chi connectivity index (χ0n) is 11.0. The number of nitrogens with zero attached hydrogens (tertiary/aromatic N) is 1. The van der Waals surface area contributed by atoms with E-state index in [1.165, 1.54) is 30.6 Å². The van der Waals surface area contributed by atoms with Gasteiger partial charge in [0, 0.05) is 23.9 Å². The Morgan fingerprint density at radius 1 is 1.39 bits per heavy atom. The van der Waals surface area contributed by atoms with E-state index in [0.717, 1.165) is 17.5 Å². The highest BCUT2D eigenvalue weighted by Crippen LogP contribution is 2.25. The molecule has 1 heterocycles. The highest BCUT2D eigenvalue weighted by molar-refractivity contribution is 7.12. The molecule has 0 unspecified atom stereocenters. The SMILES string of the molecule is CN(Cc1ccc(C#CCCO)s1)C1CCCC1. The van der Waals surface area contributed by atoms with Gasteiger partial charge in [-0.2, -0.15) is 0 Å². The second kappa shape index (κ2) is 6.94. The van der Waals surface area contributed by atoms with Crippen LogP contribution in [0.3, 0.4) is 0 Å². The average molecular weight is 263 g/mol. The van der Waals surface area contributed by atoms with Crippen molar-refractivity contribution < 1.29 is 5.11 Å². The van der Waals surface area contributed by atoms with Gasteiger partial charge in [-0.05, 0) is 32.0 Å². The number of hydrogen-bond donors (Lipinski definition) is 1. The van der Waals surface area contributed by atoms with Crippen molar-refractivity contribution in [3.63, 3.8) is 0 Å². The molecule has 2 rings (SSSR count). The first-order chi connectivity index (χ1) is 8.79. The molecule has 1 aliphatic carbocycles. The van der Waals surface area contributed by atoms with Crippen LogP contribution < -0.4 is 0 Å². The van der Waals surface area contributed by atoms with Gasteiger partial charge in [0.05, 0.1) is 11.5 Å². The first kappa shape index (κ1) is 13.6. The van der Waals surface area contributed by atoms with Crippen LogP contribution in [-0.2, 0) is 6.54 Å². The Kier molecular flexibility index (Phi) is 5.25. The summed E-state index contributed by atoms with van der Waals surface area (Å²) < 4.78 is 0. The maximum Gasteiger partial charge on any atom is 0.0771 e. The van der Waals surface area contributed by atoms with Gasteiger partial charge in [0.1, 0.15) is 0 Å². The summed E-state index contributed by atoms with van der Waals surface area (Å²) in [4.78, 5) is 4.97. The molecule has 2 nitrogen and oxygen atoms in total. The second-order valence-corrected chi connectivity index (χ2v) is 6.06. The fourth-order valence-electron chi connectivity index (χ4n) is 2.46. The third-order valence-electron chi connectivity index (χ3n) is 3.46. The van der Waals surface area contributed by atoms with Crippen LogP contribution in [-0.4, -0.2) is 29.7 Å². The molecule has 0 aromatic carbocycles. The Morgan fingerprint density at radius 2 is 2.17 bits per heavy atom. The fraction of sp³-hybridized carbons (Fsp3) is 0.600. The van der Waals surface area contributed by atoms with Gasteiger partial charge in [0.15, 0.2) is 0 Å². The molecule has 0 aliphatic heterocycles. The summed E-state index contributed by atoms with van der Waals surface area (Å²) in [5.41, 5.74) is 0. The van der Waals surface area contributed by atoms with E-state index in [0.29, 0.717) is 6.42 Å². The van der Waals surface area contributed by atoms with Crippen molar-refractivity contribution in [3.05, 3.63) is 21.9 Å². The maximum absolute atomic E-state index is 8.68. The lowest BCUT2D eigenvalue weighted by atomic mass is 10.2. The summed E-state index contributed by atoms with van der Waals surface area (Å²) in [6.45, 7) is 1.19. The highest BCUT2D eigenvalue weighted by Gasteiger charge is 2.19. The minimum Gasteiger partial charge on any atom is -0.395 e. The molecule has 0 radical (unpaired) electrons. The van der Waals surface area contributed by atoms with Crippen LogP contribution in [0.25, 0.3) is 0 Å². The van der Waals surface area contributed by atoms with E-state index in [-0.39, 0.29) is 6.61 Å². The Bertz CT molecular complexity index is 423. The Morgan fingerprint density at radius 3 is 2.89 bits per heavy atom. The third-order valence-corrected chi connectivity index (χ3v) is 4.45. The van der Waals surface area contributed by atoms with Crippen LogP contribution >= 0.6 is 11.3 Å². The molecule has 0 saturated heterocycles. The lowest BCUT2D eigenvalue weighted by molar-refractivity contribution is 0.239. The van der Waals surface area contributed by atoms with E-state index < -0.39 is 0 Å². The molecule has 3 heteroatoms. The quantitative estimate of drug-likeness (QED) is 0.844. The van der Waals surface area contributed by atoms with Crippen LogP contribution in [0.4, 0.5) is 0 Å². The van der Waals surface area contributed by atoms with Gasteiger partial charge in [-0.25, -0.2) is 0 Å². The zero-order chi connectivity index (χ0) is 12.8. The van der Waals surface area contributed by atoms with E-state index in [4.69, 9.17) is 5.11 Å². The summed E-state index contributed by atoms with van der Waals surface area (Å²) in [6, 6.07) is 5.04. The van der Waals surface area contributed by atoms with Crippen molar-refractivity contribution in [1.82, 2.24) is 4.90 Å². The fourth-order valence-corrected chi connectivity index (χ4v) is 3.40. The number of thiophene rings is 1. The lowest BCUT2D eigenvalue weighted by Crippen LogP contribution is -2.28. The minimum atomic E-state index is 0.148. The molecule has 1 fully saturated rings. The molecule has 1 saturated carbocycles. The number of aliphatic hydroxyl groups is 1. The van der Waals surface area contributed by atoms with Crippen molar-refractivity contribution in [2.24, 2.45) is 0 Å². The van der Waals surface area contributed by atoms with E-state index in [1.807, 2.05) is 0 Å². The van der Waals surface area contributed by atoms with Gasteiger partial charge in [-0.3, -0.25) is 4.90 Å². The molecule has 0 spiro atoms. The monoisotopic (exact) mass is 263 g/mol. The van der Waals surface area contributed by atoms with Gasteiger partial charge >= 0.3 is 0 Å². The first-order valence-electron chi connectivity index (χ1n) is 6.68. The Labute approximate surface area is 114 Å². The second-order valence-electron chi connectivity index (χ2n) is 4.89. The summed E-state index contributed by atoms with van der Waals surface area (Å²) in [5.74, 6) is 6.07. The van der Waals surface area contributed by atoms with Crippen molar-refractivity contribution in [2.45, 2.75) is 44.7 Å². The van der Waals surface area contributed by atoms with Crippen molar-refractivity contribution in [1.29, 1.82) is 0 Å². The molecule has 0 atom stereocenters. The van der Waals surface area contributed by atoms with Gasteiger partial charge in [-0.15, -0.1) is 11.3 Å². The lowest BCUT2D eigenvalue weighted by Gasteiger charge is -2.23. The standard InChI is InChI=1S/C15H21NOS/c1-16(13-6-2-3-7-13)12-15-10-9-14(18-15)8-4-5-11-17/h9-10,13,17H,2-3,5-7,11-12H2,1H3. The molecule has 18 heavy (non-hydrogen) atoms. The van der Waals surface area contributed by atoms with Crippen LogP contribution in [0.2, 0.25) is 0 Å². The van der Waals surface area contributed by atoms with Gasteiger partial charge in [0.25, 0.3) is 0 Å². The molecule has 98 valence electrons. The molecule has 1 aromatic rings. The summed E-state index contributed by atoms with van der Waals surface area (Å²) in [7, 11) is 2.23. The summed E-state index contributed by atoms with van der Waals surface area (Å²) >= 11 is 1.77. The minimum absolute atomic E-state index is 0.148. The number of hydrogen-bond acceptors (Lipinski definition) is 3. The maximum atomic E-state index is 8.68. The van der Waals surface area contributed by atoms with Crippen molar-refractivity contribution >= 4 is 11.3 Å². The average Bonchev–Trinajstić information content (AvgIpc) is 3.00. The Hall–Kier alpha value is -0.820. The van der Waals surface area contributed by atoms with Gasteiger partial charge in [-0.1, -0.05) is 24.7 Å². The smallest absolute Gasteiger partial charge is 0.0771 e. The summed E-state index contributed by atoms with van der Waals surface area (Å²) in [6.07, 6.45) is 6.04. The normalized spacial score (nSPS) is 15.9. The zero-order valence-corrected chi connectivity index (χ0v) is 11.8. The predicted molar refractivity (Wildman–Crippen MR) is 76.6 cm³/mol. The van der Waals surface area contributed by atoms with E-state index >= 15 is 0 Å². The molecule has 1 N–H and O–H groups in total. The molecule has 1 aliphatic rings. The van der Waals surface area contributed by atoms with Gasteiger partial charge < -0.3 is 5.11 Å². The topological polar surface area (TPSA) is 23.5 Å². The first-order valence-corrected chi connectivity index (χ1v) is 7.50. The number of aliphatic hydroxyl groups excluding tert-OH is 1. The summed E-state index contributed by atoms with van der Waals surface area (Å²) in [5, 5.41) is 8.68. The van der Waals surface area contributed by atoms with Crippen LogP contribution in [0, 0.1) is 11.8 Å². The largest absolute Gasteiger partial charge is 0.395 e. The van der Waals surface area contributed by atoms with E-state index in [9.17, 15) is 0 Å². The van der Waals surface area contributed by atoms with Gasteiger partial charge in [0.2, 0.25) is 0 Å². The van der Waals surface area contributed by atoms with Crippen LogP contribution in [0.5, 0.6) is 0 Å². The van der Waals surface area contributed by atoms with Crippen molar-refractivity contribution in [2.75, 3.05) is 13.7 Å². The van der Waals surface area contributed by atoms with E-state index in [1.54, 1.807) is 11.3 Å². The molecular formula is C15H21NOS. The highest BCUT2D eigenvalue weighted by atomic mass is 32.1. The molecular weight excluding hydrogens is 242 g/mol. The van der Waals surface area contributed by atoms with Crippen molar-refractivity contribution in [3.8, 4) is 11.8 Å². The molecule has 0 amide bonds. The predicted octanol–water partition coefficient (Wildman–Crippen LogP) is 2.86. The molecule has 0 bridgehead atoms. The molecule has 1 aromatic heterocycles. The van der Waals surface area contributed by atoms with Crippen LogP contribution in [0.1, 0.15) is 41.9 Å². The van der Waals surface area contributed by atoms with Crippen LogP contribution in [0.15, 0.2) is 12.1 Å². The van der Waals surface area contributed by atoms with E-state index in [2.05, 4.69) is 35.9 Å².